The molecule has 8 nitrogen and oxygen atoms in total. The van der Waals surface area contributed by atoms with Crippen molar-refractivity contribution >= 4 is 17.6 Å². The van der Waals surface area contributed by atoms with E-state index >= 15 is 0 Å². The van der Waals surface area contributed by atoms with Crippen molar-refractivity contribution in [3.63, 3.8) is 0 Å². The Kier molecular flexibility index (Phi) is 2.91. The van der Waals surface area contributed by atoms with Crippen molar-refractivity contribution in [3.05, 3.63) is 44.0 Å². The lowest BCUT2D eigenvalue weighted by molar-refractivity contribution is -0.394. The lowest BCUT2D eigenvalue weighted by atomic mass is 10.2. The summed E-state index contributed by atoms with van der Waals surface area (Å²) in [6.45, 7) is 0. The van der Waals surface area contributed by atoms with Gasteiger partial charge in [-0.2, -0.15) is 0 Å². The molecule has 78 valence electrons. The third kappa shape index (κ3) is 2.46. The van der Waals surface area contributed by atoms with Crippen LogP contribution in [0.25, 0.3) is 0 Å². The number of nitrogens with zero attached hydrogens (tertiary/aromatic N) is 3. The van der Waals surface area contributed by atoms with Gasteiger partial charge in [0.15, 0.2) is 0 Å². The molecule has 0 atom stereocenters. The Morgan fingerprint density at radius 2 is 1.60 bits per heavy atom. The molecule has 0 aliphatic rings. The molecule has 0 bridgehead atoms. The minimum atomic E-state index is -0.762. The number of hydrogen-bond acceptors (Lipinski definition) is 6. The van der Waals surface area contributed by atoms with Gasteiger partial charge in [0, 0.05) is 17.7 Å². The van der Waals surface area contributed by atoms with Crippen LogP contribution in [0.3, 0.4) is 0 Å². The molecular formula is C7H5N3O5. The summed E-state index contributed by atoms with van der Waals surface area (Å²) < 4.78 is 0. The van der Waals surface area contributed by atoms with Crippen molar-refractivity contribution in [2.75, 3.05) is 0 Å². The molecule has 1 rings (SSSR count). The molecule has 0 radical (unpaired) electrons. The number of hydrogen-bond donors (Lipinski definition) is 1. The predicted molar refractivity (Wildman–Crippen MR) is 49.1 cm³/mol. The van der Waals surface area contributed by atoms with E-state index in [4.69, 9.17) is 5.21 Å². The largest absolute Gasteiger partial charge is 0.411 e. The van der Waals surface area contributed by atoms with Gasteiger partial charge in [-0.05, 0) is 0 Å². The summed E-state index contributed by atoms with van der Waals surface area (Å²) in [7, 11) is 0. The molecule has 1 aromatic carbocycles. The molecule has 1 aromatic rings. The quantitative estimate of drug-likeness (QED) is 0.349. The Labute approximate surface area is 82.7 Å². The summed E-state index contributed by atoms with van der Waals surface area (Å²) in [5.41, 5.74) is -0.781. The summed E-state index contributed by atoms with van der Waals surface area (Å²) >= 11 is 0. The standard InChI is InChI=1S/C7H5N3O5/c11-8-4-5-1-6(9(12)13)3-7(2-5)10(14)15/h1-4,11H. The van der Waals surface area contributed by atoms with Gasteiger partial charge in [0.05, 0.1) is 22.1 Å². The van der Waals surface area contributed by atoms with Crippen LogP contribution < -0.4 is 0 Å². The van der Waals surface area contributed by atoms with Crippen LogP contribution in [-0.2, 0) is 0 Å². The molecule has 8 heteroatoms. The number of nitro groups is 2. The first-order valence-electron chi connectivity index (χ1n) is 3.66. The van der Waals surface area contributed by atoms with Crippen LogP contribution in [0, 0.1) is 20.2 Å². The SMILES string of the molecule is O=[N+]([O-])c1cc(C=NO)cc([N+](=O)[O-])c1. The number of non-ortho nitro benzene ring substituents is 2. The minimum absolute atomic E-state index is 0.0819. The normalized spacial score (nSPS) is 10.4. The topological polar surface area (TPSA) is 119 Å². The Morgan fingerprint density at radius 1 is 1.13 bits per heavy atom. The van der Waals surface area contributed by atoms with E-state index < -0.39 is 21.2 Å². The molecule has 0 spiro atoms. The summed E-state index contributed by atoms with van der Waals surface area (Å²) in [6, 6.07) is 2.95. The van der Waals surface area contributed by atoms with Crippen LogP contribution in [0.2, 0.25) is 0 Å². The van der Waals surface area contributed by atoms with Gasteiger partial charge in [0.1, 0.15) is 0 Å². The number of oxime groups is 1. The maximum absolute atomic E-state index is 10.4. The Bertz CT molecular complexity index is 410. The van der Waals surface area contributed by atoms with E-state index in [0.29, 0.717) is 0 Å². The molecule has 0 aromatic heterocycles. The second-order valence-electron chi connectivity index (χ2n) is 2.54. The molecule has 0 fully saturated rings. The van der Waals surface area contributed by atoms with Gasteiger partial charge >= 0.3 is 0 Å². The van der Waals surface area contributed by atoms with Gasteiger partial charge in [0.25, 0.3) is 11.4 Å². The molecule has 15 heavy (non-hydrogen) atoms. The summed E-state index contributed by atoms with van der Waals surface area (Å²) in [6.07, 6.45) is 0.875. The van der Waals surface area contributed by atoms with Gasteiger partial charge in [-0.15, -0.1) is 0 Å². The lowest BCUT2D eigenvalue weighted by Crippen LogP contribution is -1.95. The van der Waals surface area contributed by atoms with Crippen molar-refractivity contribution < 1.29 is 15.1 Å². The highest BCUT2D eigenvalue weighted by Crippen LogP contribution is 2.21. The molecule has 0 saturated carbocycles. The van der Waals surface area contributed by atoms with E-state index in [2.05, 4.69) is 5.16 Å². The number of benzene rings is 1. The van der Waals surface area contributed by atoms with Crippen molar-refractivity contribution in [3.8, 4) is 0 Å². The van der Waals surface area contributed by atoms with E-state index in [1.165, 1.54) is 0 Å². The third-order valence-corrected chi connectivity index (χ3v) is 1.55. The average Bonchev–Trinajstić information content (AvgIpc) is 2.17. The van der Waals surface area contributed by atoms with Crippen LogP contribution in [0.15, 0.2) is 23.4 Å². The summed E-state index contributed by atoms with van der Waals surface area (Å²) in [4.78, 5) is 19.3. The molecular weight excluding hydrogens is 206 g/mol. The average molecular weight is 211 g/mol. The van der Waals surface area contributed by atoms with Crippen molar-refractivity contribution in [2.24, 2.45) is 5.16 Å². The van der Waals surface area contributed by atoms with Crippen molar-refractivity contribution in [2.45, 2.75) is 0 Å². The molecule has 0 aliphatic carbocycles. The second kappa shape index (κ2) is 4.13. The summed E-state index contributed by atoms with van der Waals surface area (Å²) in [5, 5.41) is 31.7. The van der Waals surface area contributed by atoms with Crippen LogP contribution in [-0.4, -0.2) is 21.3 Å². The van der Waals surface area contributed by atoms with E-state index in [0.717, 1.165) is 24.4 Å². The minimum Gasteiger partial charge on any atom is -0.411 e. The van der Waals surface area contributed by atoms with Crippen LogP contribution >= 0.6 is 0 Å². The Balaban J connectivity index is 3.32. The molecule has 0 unspecified atom stereocenters. The second-order valence-corrected chi connectivity index (χ2v) is 2.54. The number of rotatable bonds is 3. The zero-order chi connectivity index (χ0) is 11.4. The highest BCUT2D eigenvalue weighted by Gasteiger charge is 2.15. The summed E-state index contributed by atoms with van der Waals surface area (Å²) in [5.74, 6) is 0. The van der Waals surface area contributed by atoms with E-state index in [1.807, 2.05) is 0 Å². The van der Waals surface area contributed by atoms with E-state index in [9.17, 15) is 20.2 Å². The molecule has 0 saturated heterocycles. The van der Waals surface area contributed by atoms with E-state index in [-0.39, 0.29) is 5.56 Å². The highest BCUT2D eigenvalue weighted by atomic mass is 16.6. The first-order chi connectivity index (χ1) is 7.04. The predicted octanol–water partition coefficient (Wildman–Crippen LogP) is 1.31. The third-order valence-electron chi connectivity index (χ3n) is 1.55. The zero-order valence-corrected chi connectivity index (χ0v) is 7.23. The van der Waals surface area contributed by atoms with Crippen molar-refractivity contribution in [1.29, 1.82) is 0 Å². The fourth-order valence-electron chi connectivity index (χ4n) is 0.970. The zero-order valence-electron chi connectivity index (χ0n) is 7.23. The Hall–Kier alpha value is -2.51. The fourth-order valence-corrected chi connectivity index (χ4v) is 0.970. The Morgan fingerprint density at radius 3 is 1.93 bits per heavy atom. The van der Waals surface area contributed by atoms with Gasteiger partial charge in [-0.3, -0.25) is 20.2 Å². The first kappa shape index (κ1) is 10.6. The number of nitro benzene ring substituents is 2. The van der Waals surface area contributed by atoms with Crippen molar-refractivity contribution in [1.82, 2.24) is 0 Å². The molecule has 1 N–H and O–H groups in total. The monoisotopic (exact) mass is 211 g/mol. The van der Waals surface area contributed by atoms with Crippen LogP contribution in [0.5, 0.6) is 0 Å². The molecule has 0 heterocycles. The fraction of sp³-hybridized carbons (Fsp3) is 0. The maximum Gasteiger partial charge on any atom is 0.276 e. The lowest BCUT2D eigenvalue weighted by Gasteiger charge is -1.95. The first-order valence-corrected chi connectivity index (χ1v) is 3.66. The maximum atomic E-state index is 10.4. The smallest absolute Gasteiger partial charge is 0.276 e. The van der Waals surface area contributed by atoms with Crippen LogP contribution in [0.1, 0.15) is 5.56 Å². The van der Waals surface area contributed by atoms with Gasteiger partial charge in [0.2, 0.25) is 0 Å². The van der Waals surface area contributed by atoms with Gasteiger partial charge in [-0.25, -0.2) is 0 Å². The van der Waals surface area contributed by atoms with Gasteiger partial charge < -0.3 is 5.21 Å². The van der Waals surface area contributed by atoms with E-state index in [1.54, 1.807) is 0 Å². The molecule has 0 aliphatic heterocycles. The highest BCUT2D eigenvalue weighted by molar-refractivity contribution is 5.81. The molecule has 0 amide bonds. The van der Waals surface area contributed by atoms with Gasteiger partial charge in [-0.1, -0.05) is 5.16 Å². The van der Waals surface area contributed by atoms with Crippen LogP contribution in [0.4, 0.5) is 11.4 Å².